The summed E-state index contributed by atoms with van der Waals surface area (Å²) in [4.78, 5) is 11.7. The maximum Gasteiger partial charge on any atom is 0.251 e. The first-order valence-corrected chi connectivity index (χ1v) is 6.01. The van der Waals surface area contributed by atoms with E-state index in [0.29, 0.717) is 18.7 Å². The van der Waals surface area contributed by atoms with E-state index in [0.717, 1.165) is 12.2 Å². The van der Waals surface area contributed by atoms with Gasteiger partial charge in [-0.25, -0.2) is 0 Å². The fourth-order valence-electron chi connectivity index (χ4n) is 1.40. The Morgan fingerprint density at radius 1 is 1.39 bits per heavy atom. The Kier molecular flexibility index (Phi) is 6.33. The Balaban J connectivity index is 2.45. The Bertz CT molecular complexity index is 407. The van der Waals surface area contributed by atoms with Crippen LogP contribution < -0.4 is 10.1 Å². The third kappa shape index (κ3) is 4.87. The number of amides is 1. The molecule has 0 aliphatic carbocycles. The topological polar surface area (TPSA) is 38.3 Å². The molecule has 18 heavy (non-hydrogen) atoms. The second kappa shape index (κ2) is 8.12. The maximum absolute atomic E-state index is 11.7. The summed E-state index contributed by atoms with van der Waals surface area (Å²) in [6.07, 6.45) is 6.52. The molecular formula is C15H19NO2. The molecule has 0 aromatic heterocycles. The molecule has 96 valence electrons. The van der Waals surface area contributed by atoms with Gasteiger partial charge >= 0.3 is 0 Å². The Labute approximate surface area is 108 Å². The lowest BCUT2D eigenvalue weighted by atomic mass is 10.2. The van der Waals surface area contributed by atoms with Crippen molar-refractivity contribution in [2.75, 3.05) is 13.2 Å². The van der Waals surface area contributed by atoms with E-state index < -0.39 is 0 Å². The van der Waals surface area contributed by atoms with Crippen LogP contribution in [0.25, 0.3) is 0 Å². The first-order valence-electron chi connectivity index (χ1n) is 6.01. The number of rotatable bonds is 7. The van der Waals surface area contributed by atoms with E-state index in [1.54, 1.807) is 30.3 Å². The average molecular weight is 245 g/mol. The number of carbonyl (C=O) groups is 1. The van der Waals surface area contributed by atoms with Gasteiger partial charge in [0.15, 0.2) is 0 Å². The standard InChI is InChI=1S/C15H19NO2/c1-3-5-6-11-16-15(17)13-7-9-14(10-8-13)18-12-4-2/h3-5,7-10H,2,6,11-12H2,1H3,(H,16,17)/b5-3+. The normalized spacial score (nSPS) is 10.3. The van der Waals surface area contributed by atoms with Gasteiger partial charge in [-0.15, -0.1) is 0 Å². The number of nitrogens with one attached hydrogen (secondary N) is 1. The number of carbonyl (C=O) groups excluding carboxylic acids is 1. The highest BCUT2D eigenvalue weighted by Crippen LogP contribution is 2.12. The van der Waals surface area contributed by atoms with E-state index in [-0.39, 0.29) is 5.91 Å². The molecule has 0 aliphatic rings. The van der Waals surface area contributed by atoms with E-state index in [1.165, 1.54) is 0 Å². The molecule has 0 saturated heterocycles. The van der Waals surface area contributed by atoms with Crippen LogP contribution in [0.3, 0.4) is 0 Å². The predicted molar refractivity (Wildman–Crippen MR) is 73.9 cm³/mol. The molecule has 0 saturated carbocycles. The summed E-state index contributed by atoms with van der Waals surface area (Å²) >= 11 is 0. The quantitative estimate of drug-likeness (QED) is 0.592. The van der Waals surface area contributed by atoms with Crippen LogP contribution >= 0.6 is 0 Å². The molecule has 1 aromatic rings. The molecule has 1 aromatic carbocycles. The van der Waals surface area contributed by atoms with Crippen LogP contribution in [0.4, 0.5) is 0 Å². The van der Waals surface area contributed by atoms with Crippen molar-refractivity contribution in [1.29, 1.82) is 0 Å². The van der Waals surface area contributed by atoms with Gasteiger partial charge in [0.2, 0.25) is 0 Å². The summed E-state index contributed by atoms with van der Waals surface area (Å²) in [6.45, 7) is 6.66. The minimum absolute atomic E-state index is 0.0604. The average Bonchev–Trinajstić information content (AvgIpc) is 2.41. The molecule has 0 aliphatic heterocycles. The van der Waals surface area contributed by atoms with Crippen LogP contribution in [0.15, 0.2) is 49.1 Å². The molecule has 3 heteroatoms. The number of hydrogen-bond donors (Lipinski definition) is 1. The van der Waals surface area contributed by atoms with Crippen LogP contribution in [0.1, 0.15) is 23.7 Å². The predicted octanol–water partition coefficient (Wildman–Crippen LogP) is 2.95. The molecule has 0 fully saturated rings. The monoisotopic (exact) mass is 245 g/mol. The van der Waals surface area contributed by atoms with Gasteiger partial charge in [0.25, 0.3) is 5.91 Å². The highest BCUT2D eigenvalue weighted by atomic mass is 16.5. The van der Waals surface area contributed by atoms with Crippen molar-refractivity contribution in [2.45, 2.75) is 13.3 Å². The summed E-state index contributed by atoms with van der Waals surface area (Å²) in [6, 6.07) is 7.07. The molecule has 1 rings (SSSR count). The molecule has 0 unspecified atom stereocenters. The molecule has 3 nitrogen and oxygen atoms in total. The van der Waals surface area contributed by atoms with E-state index in [2.05, 4.69) is 11.9 Å². The second-order valence-electron chi connectivity index (χ2n) is 3.74. The van der Waals surface area contributed by atoms with E-state index in [4.69, 9.17) is 4.74 Å². The molecule has 1 N–H and O–H groups in total. The largest absolute Gasteiger partial charge is 0.490 e. The number of hydrogen-bond acceptors (Lipinski definition) is 2. The van der Waals surface area contributed by atoms with Crippen LogP contribution in [0.5, 0.6) is 5.75 Å². The van der Waals surface area contributed by atoms with Crippen molar-refractivity contribution in [3.8, 4) is 5.75 Å². The molecule has 1 amide bonds. The highest BCUT2D eigenvalue weighted by molar-refractivity contribution is 5.94. The smallest absolute Gasteiger partial charge is 0.251 e. The lowest BCUT2D eigenvalue weighted by Crippen LogP contribution is -2.23. The van der Waals surface area contributed by atoms with Crippen molar-refractivity contribution in [1.82, 2.24) is 5.32 Å². The zero-order valence-corrected chi connectivity index (χ0v) is 10.7. The first kappa shape index (κ1) is 14.0. The molecular weight excluding hydrogens is 226 g/mol. The van der Waals surface area contributed by atoms with Crippen LogP contribution in [-0.4, -0.2) is 19.1 Å². The Hall–Kier alpha value is -2.03. The summed E-state index contributed by atoms with van der Waals surface area (Å²) in [7, 11) is 0. The lowest BCUT2D eigenvalue weighted by Gasteiger charge is -2.06. The Morgan fingerprint density at radius 3 is 2.72 bits per heavy atom. The summed E-state index contributed by atoms with van der Waals surface area (Å²) in [5.74, 6) is 0.676. The molecule has 0 radical (unpaired) electrons. The van der Waals surface area contributed by atoms with E-state index >= 15 is 0 Å². The van der Waals surface area contributed by atoms with Crippen LogP contribution in [0, 0.1) is 0 Å². The van der Waals surface area contributed by atoms with Gasteiger partial charge in [0.1, 0.15) is 12.4 Å². The summed E-state index contributed by atoms with van der Waals surface area (Å²) in [5.41, 5.74) is 0.640. The summed E-state index contributed by atoms with van der Waals surface area (Å²) in [5, 5.41) is 2.85. The van der Waals surface area contributed by atoms with Gasteiger partial charge in [-0.3, -0.25) is 4.79 Å². The van der Waals surface area contributed by atoms with Crippen molar-refractivity contribution in [3.05, 3.63) is 54.6 Å². The van der Waals surface area contributed by atoms with E-state index in [1.807, 2.05) is 19.1 Å². The van der Waals surface area contributed by atoms with E-state index in [9.17, 15) is 4.79 Å². The molecule has 0 heterocycles. The summed E-state index contributed by atoms with van der Waals surface area (Å²) < 4.78 is 5.34. The fourth-order valence-corrected chi connectivity index (χ4v) is 1.40. The number of ether oxygens (including phenoxy) is 1. The third-order valence-electron chi connectivity index (χ3n) is 2.32. The highest BCUT2D eigenvalue weighted by Gasteiger charge is 2.03. The lowest BCUT2D eigenvalue weighted by molar-refractivity contribution is 0.0954. The Morgan fingerprint density at radius 2 is 2.11 bits per heavy atom. The van der Waals surface area contributed by atoms with Crippen molar-refractivity contribution in [2.24, 2.45) is 0 Å². The molecule has 0 spiro atoms. The van der Waals surface area contributed by atoms with Crippen LogP contribution in [0.2, 0.25) is 0 Å². The van der Waals surface area contributed by atoms with Gasteiger partial charge in [0.05, 0.1) is 0 Å². The zero-order valence-electron chi connectivity index (χ0n) is 10.7. The number of allylic oxidation sites excluding steroid dienone is 1. The SMILES string of the molecule is C=CCOc1ccc(C(=O)NCC/C=C/C)cc1. The van der Waals surface area contributed by atoms with Gasteiger partial charge in [-0.1, -0.05) is 24.8 Å². The van der Waals surface area contributed by atoms with Gasteiger partial charge in [0, 0.05) is 12.1 Å². The third-order valence-corrected chi connectivity index (χ3v) is 2.32. The molecule has 0 atom stereocenters. The van der Waals surface area contributed by atoms with Gasteiger partial charge in [-0.05, 0) is 37.6 Å². The fraction of sp³-hybridized carbons (Fsp3) is 0.267. The van der Waals surface area contributed by atoms with Crippen molar-refractivity contribution < 1.29 is 9.53 Å². The maximum atomic E-state index is 11.7. The first-order chi connectivity index (χ1) is 8.77. The van der Waals surface area contributed by atoms with Gasteiger partial charge in [-0.2, -0.15) is 0 Å². The minimum Gasteiger partial charge on any atom is -0.490 e. The van der Waals surface area contributed by atoms with Crippen molar-refractivity contribution in [3.63, 3.8) is 0 Å². The second-order valence-corrected chi connectivity index (χ2v) is 3.74. The minimum atomic E-state index is -0.0604. The van der Waals surface area contributed by atoms with Crippen LogP contribution in [-0.2, 0) is 0 Å². The molecule has 0 bridgehead atoms. The van der Waals surface area contributed by atoms with Gasteiger partial charge < -0.3 is 10.1 Å². The zero-order chi connectivity index (χ0) is 13.2. The number of benzene rings is 1. The van der Waals surface area contributed by atoms with Crippen molar-refractivity contribution >= 4 is 5.91 Å².